The quantitative estimate of drug-likeness (QED) is 0.338. The molecule has 1 aliphatic rings. The minimum atomic E-state index is -0.263. The Morgan fingerprint density at radius 1 is 0.903 bits per heavy atom. The lowest BCUT2D eigenvalue weighted by atomic mass is 10.1. The van der Waals surface area contributed by atoms with Crippen LogP contribution in [-0.4, -0.2) is 19.3 Å². The molecule has 1 N–H and O–H groups in total. The van der Waals surface area contributed by atoms with Crippen LogP contribution < -0.4 is 5.32 Å². The molecule has 152 valence electrons. The molecule has 2 aromatic heterocycles. The topological polar surface area (TPSA) is 47.7 Å². The Labute approximate surface area is 188 Å². The molecule has 3 aromatic carbocycles. The van der Waals surface area contributed by atoms with Gasteiger partial charge in [0.25, 0.3) is 0 Å². The molecule has 1 atom stereocenters. The van der Waals surface area contributed by atoms with Gasteiger partial charge in [-0.1, -0.05) is 59.6 Å². The minimum absolute atomic E-state index is 0.263. The Morgan fingerprint density at radius 2 is 1.65 bits per heavy atom. The Kier molecular flexibility index (Phi) is 4.10. The number of fused-ring (bicyclic) bond motifs is 5. The summed E-state index contributed by atoms with van der Waals surface area (Å²) in [7, 11) is 0. The summed E-state index contributed by atoms with van der Waals surface area (Å²) in [6.45, 7) is 1.97. The predicted octanol–water partition coefficient (Wildman–Crippen LogP) is 6.48. The molecular weight excluding hydrogens is 429 g/mol. The van der Waals surface area contributed by atoms with Gasteiger partial charge in [0.05, 0.1) is 33.0 Å². The zero-order valence-corrected chi connectivity index (χ0v) is 18.1. The van der Waals surface area contributed by atoms with Crippen molar-refractivity contribution >= 4 is 39.9 Å². The normalized spacial score (nSPS) is 14.9. The van der Waals surface area contributed by atoms with Crippen LogP contribution in [0.15, 0.2) is 72.8 Å². The molecule has 0 saturated heterocycles. The Bertz CT molecular complexity index is 1470. The van der Waals surface area contributed by atoms with E-state index in [0.29, 0.717) is 10.2 Å². The maximum absolute atomic E-state index is 6.95. The van der Waals surface area contributed by atoms with E-state index in [1.807, 2.05) is 61.5 Å². The number of anilines is 1. The molecule has 31 heavy (non-hydrogen) atoms. The van der Waals surface area contributed by atoms with Gasteiger partial charge in [-0.05, 0) is 43.3 Å². The maximum Gasteiger partial charge on any atom is 0.145 e. The van der Waals surface area contributed by atoms with Gasteiger partial charge in [0.15, 0.2) is 0 Å². The van der Waals surface area contributed by atoms with Crippen molar-refractivity contribution in [2.24, 2.45) is 0 Å². The highest BCUT2D eigenvalue weighted by molar-refractivity contribution is 6.33. The molecule has 0 bridgehead atoms. The second-order valence-electron chi connectivity index (χ2n) is 7.54. The van der Waals surface area contributed by atoms with Crippen LogP contribution in [0.3, 0.4) is 0 Å². The van der Waals surface area contributed by atoms with E-state index in [1.165, 1.54) is 0 Å². The van der Waals surface area contributed by atoms with Crippen molar-refractivity contribution in [1.82, 2.24) is 19.3 Å². The van der Waals surface area contributed by atoms with Crippen LogP contribution in [0.25, 0.3) is 28.1 Å². The summed E-state index contributed by atoms with van der Waals surface area (Å²) in [5.74, 6) is 0.904. The van der Waals surface area contributed by atoms with Crippen LogP contribution in [-0.2, 0) is 0 Å². The number of nitrogens with one attached hydrogen (secondary N) is 1. The van der Waals surface area contributed by atoms with Crippen molar-refractivity contribution in [3.8, 4) is 17.1 Å². The lowest BCUT2D eigenvalue weighted by molar-refractivity contribution is 0.665. The van der Waals surface area contributed by atoms with E-state index in [9.17, 15) is 0 Å². The first-order valence-electron chi connectivity index (χ1n) is 9.96. The highest BCUT2D eigenvalue weighted by Gasteiger charge is 2.32. The fourth-order valence-corrected chi connectivity index (χ4v) is 4.90. The van der Waals surface area contributed by atoms with Gasteiger partial charge in [-0.3, -0.25) is 4.57 Å². The van der Waals surface area contributed by atoms with Gasteiger partial charge in [0, 0.05) is 11.3 Å². The number of hydrogen-bond acceptors (Lipinski definition) is 3. The molecule has 0 spiro atoms. The molecule has 0 radical (unpaired) electrons. The van der Waals surface area contributed by atoms with E-state index >= 15 is 0 Å². The number of imidazole rings is 1. The summed E-state index contributed by atoms with van der Waals surface area (Å²) in [5, 5.41) is 9.51. The van der Waals surface area contributed by atoms with Crippen molar-refractivity contribution in [3.05, 3.63) is 94.2 Å². The van der Waals surface area contributed by atoms with Crippen LogP contribution >= 0.6 is 23.2 Å². The van der Waals surface area contributed by atoms with Gasteiger partial charge in [-0.15, -0.1) is 0 Å². The molecule has 3 heterocycles. The summed E-state index contributed by atoms with van der Waals surface area (Å²) < 4.78 is 3.90. The van der Waals surface area contributed by atoms with Gasteiger partial charge >= 0.3 is 0 Å². The smallest absolute Gasteiger partial charge is 0.145 e. The molecule has 5 aromatic rings. The van der Waals surface area contributed by atoms with Crippen molar-refractivity contribution in [3.63, 3.8) is 0 Å². The molecule has 0 aliphatic carbocycles. The molecule has 0 amide bonds. The average molecular weight is 446 g/mol. The molecule has 1 aliphatic heterocycles. The van der Waals surface area contributed by atoms with Crippen LogP contribution in [0.4, 0.5) is 5.69 Å². The number of nitrogens with zero attached hydrogens (tertiary/aromatic N) is 4. The van der Waals surface area contributed by atoms with Crippen LogP contribution in [0, 0.1) is 6.92 Å². The predicted molar refractivity (Wildman–Crippen MR) is 125 cm³/mol. The third kappa shape index (κ3) is 2.70. The van der Waals surface area contributed by atoms with Crippen LogP contribution in [0.2, 0.25) is 10.2 Å². The fraction of sp³-hybridized carbons (Fsp3) is 0.0833. The van der Waals surface area contributed by atoms with Gasteiger partial charge in [-0.2, -0.15) is 5.10 Å². The second kappa shape index (κ2) is 6.87. The number of halogens is 2. The summed E-state index contributed by atoms with van der Waals surface area (Å²) in [4.78, 5) is 4.94. The maximum atomic E-state index is 6.95. The van der Waals surface area contributed by atoms with Crippen molar-refractivity contribution in [1.29, 1.82) is 0 Å². The molecule has 6 rings (SSSR count). The zero-order chi connectivity index (χ0) is 21.1. The molecular formula is C24H17Cl2N5. The first-order valence-corrected chi connectivity index (χ1v) is 10.7. The lowest BCUT2D eigenvalue weighted by Gasteiger charge is -2.30. The van der Waals surface area contributed by atoms with E-state index in [0.717, 1.165) is 45.1 Å². The van der Waals surface area contributed by atoms with Crippen LogP contribution in [0.1, 0.15) is 17.4 Å². The molecule has 5 nitrogen and oxygen atoms in total. The first kappa shape index (κ1) is 18.5. The number of aromatic nitrogens is 4. The number of hydrogen-bond donors (Lipinski definition) is 1. The SMILES string of the molecule is Cc1nn(-c2ccccc2Cl)c(Cl)c1[C@H]1Nc2ccccc2-c2nc3ccccc3n21. The van der Waals surface area contributed by atoms with Crippen molar-refractivity contribution in [2.75, 3.05) is 5.32 Å². The van der Waals surface area contributed by atoms with Crippen molar-refractivity contribution in [2.45, 2.75) is 13.1 Å². The van der Waals surface area contributed by atoms with E-state index in [-0.39, 0.29) is 6.17 Å². The number of para-hydroxylation sites is 4. The number of benzene rings is 3. The van der Waals surface area contributed by atoms with E-state index in [1.54, 1.807) is 4.68 Å². The largest absolute Gasteiger partial charge is 0.360 e. The van der Waals surface area contributed by atoms with Gasteiger partial charge in [0.1, 0.15) is 17.1 Å². The Morgan fingerprint density at radius 3 is 2.52 bits per heavy atom. The number of aryl methyl sites for hydroxylation is 1. The monoisotopic (exact) mass is 445 g/mol. The fourth-order valence-electron chi connectivity index (χ4n) is 4.32. The Hall–Kier alpha value is -3.28. The summed E-state index contributed by atoms with van der Waals surface area (Å²) in [6.07, 6.45) is -0.263. The zero-order valence-electron chi connectivity index (χ0n) is 16.6. The van der Waals surface area contributed by atoms with Gasteiger partial charge in [-0.25, -0.2) is 9.67 Å². The highest BCUT2D eigenvalue weighted by Crippen LogP contribution is 2.43. The van der Waals surface area contributed by atoms with Crippen LogP contribution in [0.5, 0.6) is 0 Å². The second-order valence-corrected chi connectivity index (χ2v) is 8.30. The average Bonchev–Trinajstić information content (AvgIpc) is 3.31. The minimum Gasteiger partial charge on any atom is -0.360 e. The standard InChI is InChI=1S/C24H17Cl2N5/c1-14-21(22(26)31(29-14)19-12-6-3-9-16(19)25)24-27-17-10-4-2-8-15(17)23-28-18-11-5-7-13-20(18)30(23)24/h2-13,24,27H,1H3/t24-/m0/s1. The molecule has 0 saturated carbocycles. The van der Waals surface area contributed by atoms with E-state index in [4.69, 9.17) is 33.3 Å². The van der Waals surface area contributed by atoms with Crippen molar-refractivity contribution < 1.29 is 0 Å². The molecule has 0 unspecified atom stereocenters. The Balaban J connectivity index is 1.62. The number of rotatable bonds is 2. The third-order valence-corrected chi connectivity index (χ3v) is 6.40. The molecule has 0 fully saturated rings. The van der Waals surface area contributed by atoms with Gasteiger partial charge in [0.2, 0.25) is 0 Å². The summed E-state index contributed by atoms with van der Waals surface area (Å²) in [6, 6.07) is 23.9. The first-order chi connectivity index (χ1) is 15.1. The van der Waals surface area contributed by atoms with E-state index < -0.39 is 0 Å². The third-order valence-electron chi connectivity index (χ3n) is 5.72. The summed E-state index contributed by atoms with van der Waals surface area (Å²) in [5.41, 5.74) is 6.50. The lowest BCUT2D eigenvalue weighted by Crippen LogP contribution is -2.25. The summed E-state index contributed by atoms with van der Waals surface area (Å²) >= 11 is 13.4. The van der Waals surface area contributed by atoms with Gasteiger partial charge < -0.3 is 5.32 Å². The van der Waals surface area contributed by atoms with E-state index in [2.05, 4.69) is 28.1 Å². The molecule has 7 heteroatoms. The highest BCUT2D eigenvalue weighted by atomic mass is 35.5.